The lowest BCUT2D eigenvalue weighted by Gasteiger charge is -2.35. The van der Waals surface area contributed by atoms with E-state index in [-0.39, 0.29) is 6.61 Å². The Hall–Kier alpha value is -2.25. The van der Waals surface area contributed by atoms with Crippen molar-refractivity contribution in [2.75, 3.05) is 44.2 Å². The molecule has 1 N–H and O–H groups in total. The van der Waals surface area contributed by atoms with E-state index in [4.69, 9.17) is 15.2 Å². The van der Waals surface area contributed by atoms with Crippen molar-refractivity contribution in [3.05, 3.63) is 29.1 Å². The van der Waals surface area contributed by atoms with Crippen LogP contribution < -0.4 is 4.90 Å². The van der Waals surface area contributed by atoms with E-state index >= 15 is 0 Å². The molecule has 1 aliphatic heterocycles. The Morgan fingerprint density at radius 1 is 1.00 bits per heavy atom. The Morgan fingerprint density at radius 2 is 1.72 bits per heavy atom. The number of nitrogens with zero attached hydrogens (tertiary/aromatic N) is 6. The Kier molecular flexibility index (Phi) is 4.05. The number of hydrogen-bond acceptors (Lipinski definition) is 6. The number of aryl methyl sites for hydroxylation is 3. The first-order chi connectivity index (χ1) is 12.1. The summed E-state index contributed by atoms with van der Waals surface area (Å²) in [5, 5.41) is 14.9. The predicted octanol–water partition coefficient (Wildman–Crippen LogP) is 1.32. The van der Waals surface area contributed by atoms with Gasteiger partial charge in [0.2, 0.25) is 0 Å². The van der Waals surface area contributed by atoms with Gasteiger partial charge in [-0.05, 0) is 32.4 Å². The van der Waals surface area contributed by atoms with Gasteiger partial charge >= 0.3 is 0 Å². The fourth-order valence-corrected chi connectivity index (χ4v) is 3.69. The first-order valence-electron chi connectivity index (χ1n) is 8.79. The van der Waals surface area contributed by atoms with Gasteiger partial charge in [-0.15, -0.1) is 5.10 Å². The van der Waals surface area contributed by atoms with E-state index in [0.29, 0.717) is 0 Å². The minimum absolute atomic E-state index is 0.216. The molecular weight excluding hydrogens is 316 g/mol. The fourth-order valence-electron chi connectivity index (χ4n) is 3.69. The Labute approximate surface area is 146 Å². The number of rotatable bonds is 3. The van der Waals surface area contributed by atoms with Crippen LogP contribution in [0.15, 0.2) is 12.1 Å². The molecule has 7 heteroatoms. The van der Waals surface area contributed by atoms with E-state index in [0.717, 1.165) is 72.2 Å². The summed E-state index contributed by atoms with van der Waals surface area (Å²) in [6, 6.07) is 4.18. The van der Waals surface area contributed by atoms with Gasteiger partial charge in [-0.2, -0.15) is 4.52 Å². The van der Waals surface area contributed by atoms with Gasteiger partial charge < -0.3 is 10.0 Å². The second-order valence-electron chi connectivity index (χ2n) is 6.82. The van der Waals surface area contributed by atoms with Gasteiger partial charge in [-0.1, -0.05) is 0 Å². The highest BCUT2D eigenvalue weighted by Gasteiger charge is 2.21. The van der Waals surface area contributed by atoms with Gasteiger partial charge in [0, 0.05) is 50.2 Å². The SMILES string of the molecule is Cc1cc(C)c2c(n1)nn1c(N3CCN(CCO)CC3)cc(C)nc21. The maximum absolute atomic E-state index is 9.12. The van der Waals surface area contributed by atoms with E-state index in [1.54, 1.807) is 0 Å². The molecule has 0 saturated carbocycles. The van der Waals surface area contributed by atoms with Crippen LogP contribution in [-0.4, -0.2) is 68.9 Å². The molecule has 4 rings (SSSR count). The zero-order valence-electron chi connectivity index (χ0n) is 15.0. The van der Waals surface area contributed by atoms with Crippen molar-refractivity contribution < 1.29 is 5.11 Å². The average molecular weight is 340 g/mol. The number of β-amino-alcohol motifs (C(OH)–C–C–N with tert-alkyl or cyclic N) is 1. The van der Waals surface area contributed by atoms with E-state index in [1.165, 1.54) is 0 Å². The molecule has 0 bridgehead atoms. The molecule has 7 nitrogen and oxygen atoms in total. The van der Waals surface area contributed by atoms with Crippen LogP contribution in [0.2, 0.25) is 0 Å². The molecule has 3 aromatic rings. The standard InChI is InChI=1S/C18H24N6O/c1-12-10-13(2)19-17-16(12)18-20-14(3)11-15(24(18)21-17)23-6-4-22(5-7-23)8-9-25/h10-11,25H,4-9H2,1-3H3. The van der Waals surface area contributed by atoms with Crippen molar-refractivity contribution >= 4 is 22.5 Å². The summed E-state index contributed by atoms with van der Waals surface area (Å²) in [5.41, 5.74) is 4.77. The molecule has 0 amide bonds. The third-order valence-electron chi connectivity index (χ3n) is 4.89. The highest BCUT2D eigenvalue weighted by atomic mass is 16.3. The second kappa shape index (κ2) is 6.24. The van der Waals surface area contributed by atoms with Crippen LogP contribution in [-0.2, 0) is 0 Å². The van der Waals surface area contributed by atoms with Crippen molar-refractivity contribution in [1.82, 2.24) is 24.5 Å². The van der Waals surface area contributed by atoms with Crippen LogP contribution in [0.4, 0.5) is 5.82 Å². The summed E-state index contributed by atoms with van der Waals surface area (Å²) in [6.45, 7) is 10.8. The number of hydrogen-bond donors (Lipinski definition) is 1. The van der Waals surface area contributed by atoms with E-state index in [9.17, 15) is 0 Å². The lowest BCUT2D eigenvalue weighted by molar-refractivity contribution is 0.188. The third-order valence-corrected chi connectivity index (χ3v) is 4.89. The van der Waals surface area contributed by atoms with E-state index in [2.05, 4.69) is 33.8 Å². The number of aliphatic hydroxyl groups excluding tert-OH is 1. The van der Waals surface area contributed by atoms with Crippen LogP contribution in [0.3, 0.4) is 0 Å². The molecule has 0 aliphatic carbocycles. The molecule has 4 heterocycles. The molecule has 25 heavy (non-hydrogen) atoms. The van der Waals surface area contributed by atoms with Gasteiger partial charge in [0.15, 0.2) is 11.3 Å². The first kappa shape index (κ1) is 16.2. The average Bonchev–Trinajstić information content (AvgIpc) is 2.93. The molecule has 0 aromatic carbocycles. The van der Waals surface area contributed by atoms with Crippen molar-refractivity contribution in [1.29, 1.82) is 0 Å². The lowest BCUT2D eigenvalue weighted by atomic mass is 10.2. The van der Waals surface area contributed by atoms with Gasteiger partial charge in [-0.25, -0.2) is 9.97 Å². The number of aliphatic hydroxyl groups is 1. The maximum Gasteiger partial charge on any atom is 0.184 e. The van der Waals surface area contributed by atoms with Gasteiger partial charge in [0.05, 0.1) is 12.0 Å². The summed E-state index contributed by atoms with van der Waals surface area (Å²) in [5.74, 6) is 1.07. The van der Waals surface area contributed by atoms with Crippen LogP contribution >= 0.6 is 0 Å². The third kappa shape index (κ3) is 2.83. The van der Waals surface area contributed by atoms with Crippen molar-refractivity contribution in [3.8, 4) is 0 Å². The van der Waals surface area contributed by atoms with Gasteiger partial charge in [-0.3, -0.25) is 4.90 Å². The number of fused-ring (bicyclic) bond motifs is 3. The summed E-state index contributed by atoms with van der Waals surface area (Å²) in [6.07, 6.45) is 0. The number of aromatic nitrogens is 4. The quantitative estimate of drug-likeness (QED) is 0.775. The molecule has 0 atom stereocenters. The van der Waals surface area contributed by atoms with E-state index in [1.807, 2.05) is 18.4 Å². The minimum Gasteiger partial charge on any atom is -0.395 e. The fraction of sp³-hybridized carbons (Fsp3) is 0.500. The Balaban J connectivity index is 1.81. The molecule has 1 saturated heterocycles. The first-order valence-corrected chi connectivity index (χ1v) is 8.79. The summed E-state index contributed by atoms with van der Waals surface area (Å²) >= 11 is 0. The van der Waals surface area contributed by atoms with Gasteiger partial charge in [0.25, 0.3) is 0 Å². The van der Waals surface area contributed by atoms with Crippen molar-refractivity contribution in [2.24, 2.45) is 0 Å². The molecular formula is C18H24N6O. The molecule has 132 valence electrons. The Morgan fingerprint density at radius 3 is 2.44 bits per heavy atom. The largest absolute Gasteiger partial charge is 0.395 e. The summed E-state index contributed by atoms with van der Waals surface area (Å²) in [7, 11) is 0. The lowest BCUT2D eigenvalue weighted by Crippen LogP contribution is -2.47. The topological polar surface area (TPSA) is 69.8 Å². The van der Waals surface area contributed by atoms with Crippen molar-refractivity contribution in [3.63, 3.8) is 0 Å². The molecule has 3 aromatic heterocycles. The second-order valence-corrected chi connectivity index (χ2v) is 6.82. The van der Waals surface area contributed by atoms with Crippen LogP contribution in [0.1, 0.15) is 17.0 Å². The molecule has 1 aliphatic rings. The highest BCUT2D eigenvalue weighted by Crippen LogP contribution is 2.26. The molecule has 0 radical (unpaired) electrons. The van der Waals surface area contributed by atoms with E-state index < -0.39 is 0 Å². The van der Waals surface area contributed by atoms with Crippen LogP contribution in [0.25, 0.3) is 16.7 Å². The molecule has 0 spiro atoms. The van der Waals surface area contributed by atoms with Crippen molar-refractivity contribution in [2.45, 2.75) is 20.8 Å². The number of pyridine rings is 1. The smallest absolute Gasteiger partial charge is 0.184 e. The molecule has 0 unspecified atom stereocenters. The van der Waals surface area contributed by atoms with Crippen LogP contribution in [0.5, 0.6) is 0 Å². The zero-order chi connectivity index (χ0) is 17.6. The highest BCUT2D eigenvalue weighted by molar-refractivity contribution is 5.93. The Bertz CT molecular complexity index is 926. The number of piperazine rings is 1. The van der Waals surface area contributed by atoms with Gasteiger partial charge in [0.1, 0.15) is 5.82 Å². The monoisotopic (exact) mass is 340 g/mol. The summed E-state index contributed by atoms with van der Waals surface area (Å²) < 4.78 is 1.94. The predicted molar refractivity (Wildman–Crippen MR) is 98.2 cm³/mol. The normalized spacial score (nSPS) is 16.2. The molecule has 1 fully saturated rings. The number of anilines is 1. The minimum atomic E-state index is 0.216. The summed E-state index contributed by atoms with van der Waals surface area (Å²) in [4.78, 5) is 14.0. The zero-order valence-corrected chi connectivity index (χ0v) is 15.0. The van der Waals surface area contributed by atoms with Crippen LogP contribution in [0, 0.1) is 20.8 Å². The maximum atomic E-state index is 9.12.